The van der Waals surface area contributed by atoms with Gasteiger partial charge in [-0.1, -0.05) is 25.1 Å². The molecule has 1 aliphatic heterocycles. The van der Waals surface area contributed by atoms with E-state index in [1.807, 2.05) is 36.1 Å². The van der Waals surface area contributed by atoms with Crippen LogP contribution in [0.5, 0.6) is 0 Å². The first-order valence-corrected chi connectivity index (χ1v) is 11.1. The molecule has 0 bridgehead atoms. The lowest BCUT2D eigenvalue weighted by Gasteiger charge is -2.34. The first-order valence-electron chi connectivity index (χ1n) is 9.04. The summed E-state index contributed by atoms with van der Waals surface area (Å²) < 4.78 is 28.5. The fraction of sp³-hybridized carbons (Fsp3) is 0.526. The predicted octanol–water partition coefficient (Wildman–Crippen LogP) is 1.73. The number of nitrogens with zero attached hydrogens (tertiary/aromatic N) is 2. The normalized spacial score (nSPS) is 16.3. The van der Waals surface area contributed by atoms with Crippen molar-refractivity contribution in [1.82, 2.24) is 9.80 Å². The Balaban J connectivity index is 1.62. The van der Waals surface area contributed by atoms with Crippen LogP contribution < -0.4 is 0 Å². The van der Waals surface area contributed by atoms with Crippen LogP contribution in [0.15, 0.2) is 28.7 Å². The highest BCUT2D eigenvalue weighted by molar-refractivity contribution is 7.90. The highest BCUT2D eigenvalue weighted by atomic mass is 32.2. The van der Waals surface area contributed by atoms with Crippen LogP contribution in [0.3, 0.4) is 0 Å². The van der Waals surface area contributed by atoms with E-state index in [4.69, 9.17) is 4.42 Å². The molecule has 0 unspecified atom stereocenters. The summed E-state index contributed by atoms with van der Waals surface area (Å²) >= 11 is 0. The second-order valence-corrected chi connectivity index (χ2v) is 9.14. The lowest BCUT2D eigenvalue weighted by Crippen LogP contribution is -2.50. The molecule has 2 aromatic rings. The molecule has 0 N–H and O–H groups in total. The Kier molecular flexibility index (Phi) is 5.67. The Labute approximate surface area is 154 Å². The number of furan rings is 1. The maximum Gasteiger partial charge on any atom is 0.227 e. The number of amides is 1. The molecule has 142 valence electrons. The standard InChI is InChI=1S/C19H26N2O4S/c1-3-17-16(15-6-4-5-7-18(15)25-17)14-19(22)21-10-8-20(9-11-21)12-13-26(2,23)24/h4-7H,3,8-14H2,1-2H3. The molecular formula is C19H26N2O4S. The molecule has 0 saturated carbocycles. The number of benzene rings is 1. The molecule has 3 rings (SSSR count). The molecule has 1 aromatic heterocycles. The molecule has 6 nitrogen and oxygen atoms in total. The van der Waals surface area contributed by atoms with Gasteiger partial charge in [0.25, 0.3) is 0 Å². The zero-order valence-corrected chi connectivity index (χ0v) is 16.2. The minimum absolute atomic E-state index is 0.106. The summed E-state index contributed by atoms with van der Waals surface area (Å²) in [6.07, 6.45) is 2.37. The Hall–Kier alpha value is -1.86. The lowest BCUT2D eigenvalue weighted by molar-refractivity contribution is -0.132. The summed E-state index contributed by atoms with van der Waals surface area (Å²) in [5, 5.41) is 1.02. The topological polar surface area (TPSA) is 70.8 Å². The number of hydrogen-bond acceptors (Lipinski definition) is 5. The van der Waals surface area contributed by atoms with Crippen LogP contribution >= 0.6 is 0 Å². The van der Waals surface area contributed by atoms with Gasteiger partial charge >= 0.3 is 0 Å². The van der Waals surface area contributed by atoms with Crippen LogP contribution in [0, 0.1) is 0 Å². The third-order valence-electron chi connectivity index (χ3n) is 4.93. The molecular weight excluding hydrogens is 352 g/mol. The van der Waals surface area contributed by atoms with E-state index in [1.165, 1.54) is 6.26 Å². The van der Waals surface area contributed by atoms with E-state index >= 15 is 0 Å². The van der Waals surface area contributed by atoms with Crippen molar-refractivity contribution in [2.24, 2.45) is 0 Å². The Morgan fingerprint density at radius 1 is 1.15 bits per heavy atom. The number of carbonyl (C=O) groups is 1. The van der Waals surface area contributed by atoms with Crippen LogP contribution in [0.2, 0.25) is 0 Å². The van der Waals surface area contributed by atoms with Gasteiger partial charge in [0.2, 0.25) is 5.91 Å². The second-order valence-electron chi connectivity index (χ2n) is 6.88. The zero-order valence-electron chi connectivity index (χ0n) is 15.4. The SMILES string of the molecule is CCc1oc2ccccc2c1CC(=O)N1CCN(CCS(C)(=O)=O)CC1. The molecule has 0 atom stereocenters. The molecule has 1 aromatic carbocycles. The number of para-hydroxylation sites is 1. The van der Waals surface area contributed by atoms with Crippen molar-refractivity contribution in [2.75, 3.05) is 44.7 Å². The third-order valence-corrected chi connectivity index (χ3v) is 5.86. The number of sulfone groups is 1. The molecule has 26 heavy (non-hydrogen) atoms. The number of carbonyl (C=O) groups excluding carboxylic acids is 1. The van der Waals surface area contributed by atoms with Gasteiger partial charge in [-0.15, -0.1) is 0 Å². The van der Waals surface area contributed by atoms with E-state index in [1.54, 1.807) is 0 Å². The summed E-state index contributed by atoms with van der Waals surface area (Å²) in [5.41, 5.74) is 1.82. The van der Waals surface area contributed by atoms with Gasteiger partial charge in [-0.05, 0) is 6.07 Å². The van der Waals surface area contributed by atoms with Crippen molar-refractivity contribution >= 4 is 26.7 Å². The van der Waals surface area contributed by atoms with Gasteiger partial charge in [-0.3, -0.25) is 9.69 Å². The number of piperazine rings is 1. The molecule has 1 fully saturated rings. The van der Waals surface area contributed by atoms with E-state index in [0.29, 0.717) is 39.1 Å². The van der Waals surface area contributed by atoms with Crippen molar-refractivity contribution in [1.29, 1.82) is 0 Å². The lowest BCUT2D eigenvalue weighted by atomic mass is 10.1. The van der Waals surface area contributed by atoms with E-state index < -0.39 is 9.84 Å². The summed E-state index contributed by atoms with van der Waals surface area (Å²) in [6, 6.07) is 7.84. The van der Waals surface area contributed by atoms with Crippen LogP contribution in [0.1, 0.15) is 18.2 Å². The molecule has 0 spiro atoms. The van der Waals surface area contributed by atoms with E-state index in [2.05, 4.69) is 4.90 Å². The van der Waals surface area contributed by atoms with Crippen LogP contribution in [0.4, 0.5) is 0 Å². The fourth-order valence-electron chi connectivity index (χ4n) is 3.41. The monoisotopic (exact) mass is 378 g/mol. The van der Waals surface area contributed by atoms with Gasteiger partial charge in [0.15, 0.2) is 0 Å². The second kappa shape index (κ2) is 7.80. The molecule has 0 radical (unpaired) electrons. The Morgan fingerprint density at radius 3 is 2.50 bits per heavy atom. The number of rotatable bonds is 6. The Bertz CT molecular complexity index is 880. The number of hydrogen-bond donors (Lipinski definition) is 0. The summed E-state index contributed by atoms with van der Waals surface area (Å²) in [5.74, 6) is 1.15. The summed E-state index contributed by atoms with van der Waals surface area (Å²) in [7, 11) is -2.95. The number of fused-ring (bicyclic) bond motifs is 1. The molecule has 0 aliphatic carbocycles. The van der Waals surface area contributed by atoms with E-state index in [9.17, 15) is 13.2 Å². The van der Waals surface area contributed by atoms with Crippen LogP contribution in [-0.4, -0.2) is 68.9 Å². The molecule has 7 heteroatoms. The van der Waals surface area contributed by atoms with Gasteiger partial charge in [-0.25, -0.2) is 8.42 Å². The van der Waals surface area contributed by atoms with Crippen LogP contribution in [0.25, 0.3) is 11.0 Å². The smallest absolute Gasteiger partial charge is 0.227 e. The van der Waals surface area contributed by atoms with Crippen molar-refractivity contribution in [3.63, 3.8) is 0 Å². The molecule has 1 aliphatic rings. The molecule has 1 saturated heterocycles. The van der Waals surface area contributed by atoms with Gasteiger partial charge in [0.1, 0.15) is 21.2 Å². The predicted molar refractivity (Wildman–Crippen MR) is 102 cm³/mol. The highest BCUT2D eigenvalue weighted by Crippen LogP contribution is 2.27. The van der Waals surface area contributed by atoms with Gasteiger partial charge < -0.3 is 9.32 Å². The van der Waals surface area contributed by atoms with Crippen molar-refractivity contribution < 1.29 is 17.6 Å². The fourth-order valence-corrected chi connectivity index (χ4v) is 4.00. The first kappa shape index (κ1) is 18.9. The summed E-state index contributed by atoms with van der Waals surface area (Å²) in [6.45, 7) is 5.28. The highest BCUT2D eigenvalue weighted by Gasteiger charge is 2.24. The van der Waals surface area contributed by atoms with Crippen LogP contribution in [-0.2, 0) is 27.5 Å². The third kappa shape index (κ3) is 4.45. The minimum atomic E-state index is -2.95. The van der Waals surface area contributed by atoms with E-state index in [0.717, 1.165) is 28.7 Å². The van der Waals surface area contributed by atoms with Gasteiger partial charge in [-0.2, -0.15) is 0 Å². The van der Waals surface area contributed by atoms with Crippen molar-refractivity contribution in [3.8, 4) is 0 Å². The maximum atomic E-state index is 12.8. The zero-order chi connectivity index (χ0) is 18.7. The molecule has 2 heterocycles. The van der Waals surface area contributed by atoms with Crippen molar-refractivity contribution in [2.45, 2.75) is 19.8 Å². The average molecular weight is 378 g/mol. The average Bonchev–Trinajstić information content (AvgIpc) is 2.97. The first-order chi connectivity index (χ1) is 12.4. The number of aryl methyl sites for hydroxylation is 1. The Morgan fingerprint density at radius 2 is 1.85 bits per heavy atom. The quantitative estimate of drug-likeness (QED) is 0.766. The van der Waals surface area contributed by atoms with Gasteiger partial charge in [0.05, 0.1) is 12.2 Å². The summed E-state index contributed by atoms with van der Waals surface area (Å²) in [4.78, 5) is 16.8. The minimum Gasteiger partial charge on any atom is -0.461 e. The van der Waals surface area contributed by atoms with Crippen molar-refractivity contribution in [3.05, 3.63) is 35.6 Å². The van der Waals surface area contributed by atoms with Gasteiger partial charge in [0, 0.05) is 56.4 Å². The van der Waals surface area contributed by atoms with E-state index in [-0.39, 0.29) is 11.7 Å². The largest absolute Gasteiger partial charge is 0.461 e. The molecule has 1 amide bonds. The maximum absolute atomic E-state index is 12.8.